The molecule has 1 unspecified atom stereocenters. The van der Waals surface area contributed by atoms with Crippen molar-refractivity contribution >= 4 is 17.7 Å². The van der Waals surface area contributed by atoms with Crippen molar-refractivity contribution in [3.63, 3.8) is 0 Å². The largest absolute Gasteiger partial charge is 0.344 e. The molecule has 1 rings (SSSR count). The molecule has 4 heteroatoms. The van der Waals surface area contributed by atoms with Gasteiger partial charge in [-0.3, -0.25) is 4.79 Å². The van der Waals surface area contributed by atoms with Gasteiger partial charge in [-0.2, -0.15) is 11.8 Å². The number of carbonyl (C=O) groups excluding carboxylic acids is 1. The molecule has 15 heavy (non-hydrogen) atoms. The highest BCUT2D eigenvalue weighted by Gasteiger charge is 2.21. The fraction of sp³-hybridized carbons (Fsp3) is 0.909. The summed E-state index contributed by atoms with van der Waals surface area (Å²) in [5.41, 5.74) is 0. The van der Waals surface area contributed by atoms with Crippen molar-refractivity contribution in [2.45, 2.75) is 31.7 Å². The first-order valence-electron chi connectivity index (χ1n) is 5.70. The van der Waals surface area contributed by atoms with Crippen LogP contribution in [0.15, 0.2) is 0 Å². The molecular weight excluding hydrogens is 208 g/mol. The Balaban J connectivity index is 2.04. The highest BCUT2D eigenvalue weighted by molar-refractivity contribution is 7.98. The minimum atomic E-state index is 0.287. The molecule has 1 heterocycles. The zero-order valence-corrected chi connectivity index (χ0v) is 10.6. The molecule has 0 radical (unpaired) electrons. The quantitative estimate of drug-likeness (QED) is 0.699. The van der Waals surface area contributed by atoms with Crippen LogP contribution in [0.4, 0.5) is 0 Å². The first kappa shape index (κ1) is 12.8. The maximum atomic E-state index is 11.3. The van der Waals surface area contributed by atoms with E-state index in [1.807, 2.05) is 23.7 Å². The molecule has 0 aliphatic carbocycles. The fourth-order valence-electron chi connectivity index (χ4n) is 1.86. The number of amides is 1. The van der Waals surface area contributed by atoms with Crippen molar-refractivity contribution < 1.29 is 4.79 Å². The number of likely N-dealkylation sites (N-methyl/N-ethyl adjacent to an activating group) is 1. The van der Waals surface area contributed by atoms with E-state index >= 15 is 0 Å². The van der Waals surface area contributed by atoms with Crippen LogP contribution in [0.2, 0.25) is 0 Å². The molecule has 1 aliphatic rings. The number of hydrogen-bond donors (Lipinski definition) is 1. The summed E-state index contributed by atoms with van der Waals surface area (Å²) in [6.07, 6.45) is 6.39. The summed E-state index contributed by atoms with van der Waals surface area (Å²) in [6.45, 7) is 1.97. The first-order chi connectivity index (χ1) is 7.24. The zero-order valence-electron chi connectivity index (χ0n) is 9.79. The topological polar surface area (TPSA) is 32.3 Å². The third-order valence-electron chi connectivity index (χ3n) is 2.83. The predicted octanol–water partition coefficient (Wildman–Crippen LogP) is 1.34. The lowest BCUT2D eigenvalue weighted by Gasteiger charge is -2.30. The van der Waals surface area contributed by atoms with E-state index < -0.39 is 0 Å². The zero-order chi connectivity index (χ0) is 11.1. The standard InChI is InChI=1S/C11H22N2OS/c1-13-9-10(5-6-11(13)14)12-7-3-4-8-15-2/h10,12H,3-9H2,1-2H3. The molecule has 1 fully saturated rings. The number of piperidine rings is 1. The molecule has 0 spiro atoms. The summed E-state index contributed by atoms with van der Waals surface area (Å²) in [5.74, 6) is 1.54. The normalized spacial score (nSPS) is 22.1. The molecule has 0 bridgehead atoms. The lowest BCUT2D eigenvalue weighted by Crippen LogP contribution is -2.46. The van der Waals surface area contributed by atoms with Crippen LogP contribution in [0, 0.1) is 0 Å². The number of nitrogens with one attached hydrogen (secondary N) is 1. The fourth-order valence-corrected chi connectivity index (χ4v) is 2.35. The van der Waals surface area contributed by atoms with Gasteiger partial charge in [-0.25, -0.2) is 0 Å². The Bertz CT molecular complexity index is 199. The summed E-state index contributed by atoms with van der Waals surface area (Å²) in [5, 5.41) is 3.53. The van der Waals surface area contributed by atoms with Gasteiger partial charge in [0.1, 0.15) is 0 Å². The molecule has 1 aliphatic heterocycles. The van der Waals surface area contributed by atoms with Gasteiger partial charge in [0.05, 0.1) is 0 Å². The molecule has 1 atom stereocenters. The molecule has 1 N–H and O–H groups in total. The summed E-state index contributed by atoms with van der Waals surface area (Å²) in [7, 11) is 1.89. The number of carbonyl (C=O) groups is 1. The smallest absolute Gasteiger partial charge is 0.222 e. The third-order valence-corrected chi connectivity index (χ3v) is 3.53. The van der Waals surface area contributed by atoms with Gasteiger partial charge < -0.3 is 10.2 Å². The van der Waals surface area contributed by atoms with Crippen molar-refractivity contribution in [1.82, 2.24) is 10.2 Å². The molecule has 88 valence electrons. The number of rotatable bonds is 6. The van der Waals surface area contributed by atoms with Crippen LogP contribution < -0.4 is 5.32 Å². The van der Waals surface area contributed by atoms with Gasteiger partial charge in [0, 0.05) is 26.1 Å². The second-order valence-electron chi connectivity index (χ2n) is 4.16. The highest BCUT2D eigenvalue weighted by atomic mass is 32.2. The van der Waals surface area contributed by atoms with Crippen LogP contribution in [0.1, 0.15) is 25.7 Å². The Hall–Kier alpha value is -0.220. The summed E-state index contributed by atoms with van der Waals surface area (Å²) in [6, 6.07) is 0.516. The lowest BCUT2D eigenvalue weighted by atomic mass is 10.1. The number of likely N-dealkylation sites (tertiary alicyclic amines) is 1. The van der Waals surface area contributed by atoms with Gasteiger partial charge in [0.15, 0.2) is 0 Å². The van der Waals surface area contributed by atoms with Crippen molar-refractivity contribution in [3.8, 4) is 0 Å². The van der Waals surface area contributed by atoms with E-state index in [-0.39, 0.29) is 5.91 Å². The second-order valence-corrected chi connectivity index (χ2v) is 5.15. The van der Waals surface area contributed by atoms with E-state index in [0.717, 1.165) is 19.5 Å². The van der Waals surface area contributed by atoms with Gasteiger partial charge in [-0.15, -0.1) is 0 Å². The van der Waals surface area contributed by atoms with Crippen LogP contribution in [-0.4, -0.2) is 49.0 Å². The van der Waals surface area contributed by atoms with E-state index in [1.165, 1.54) is 18.6 Å². The predicted molar refractivity (Wildman–Crippen MR) is 66.3 cm³/mol. The van der Waals surface area contributed by atoms with Crippen LogP contribution in [0.5, 0.6) is 0 Å². The maximum absolute atomic E-state index is 11.3. The molecule has 0 aromatic rings. The van der Waals surface area contributed by atoms with Gasteiger partial charge in [0.25, 0.3) is 0 Å². The molecule has 1 saturated heterocycles. The van der Waals surface area contributed by atoms with E-state index in [9.17, 15) is 4.79 Å². The average molecular weight is 230 g/mol. The van der Waals surface area contributed by atoms with Crippen LogP contribution in [-0.2, 0) is 4.79 Å². The minimum Gasteiger partial charge on any atom is -0.344 e. The monoisotopic (exact) mass is 230 g/mol. The van der Waals surface area contributed by atoms with Crippen LogP contribution in [0.3, 0.4) is 0 Å². The number of unbranched alkanes of at least 4 members (excludes halogenated alkanes) is 1. The summed E-state index contributed by atoms with van der Waals surface area (Å²) >= 11 is 1.91. The summed E-state index contributed by atoms with van der Waals surface area (Å²) in [4.78, 5) is 13.1. The van der Waals surface area contributed by atoms with Crippen molar-refractivity contribution in [3.05, 3.63) is 0 Å². The molecule has 0 aromatic heterocycles. The SMILES string of the molecule is CSCCCCNC1CCC(=O)N(C)C1. The Morgan fingerprint density at radius 2 is 2.33 bits per heavy atom. The third kappa shape index (κ3) is 4.89. The van der Waals surface area contributed by atoms with Gasteiger partial charge >= 0.3 is 0 Å². The number of nitrogens with zero attached hydrogens (tertiary/aromatic N) is 1. The molecule has 0 aromatic carbocycles. The Morgan fingerprint density at radius 1 is 1.53 bits per heavy atom. The van der Waals surface area contributed by atoms with E-state index in [0.29, 0.717) is 12.5 Å². The molecule has 3 nitrogen and oxygen atoms in total. The second kappa shape index (κ2) is 7.12. The number of hydrogen-bond acceptors (Lipinski definition) is 3. The maximum Gasteiger partial charge on any atom is 0.222 e. The van der Waals surface area contributed by atoms with Crippen LogP contribution in [0.25, 0.3) is 0 Å². The lowest BCUT2D eigenvalue weighted by molar-refractivity contribution is -0.132. The van der Waals surface area contributed by atoms with Crippen molar-refractivity contribution in [1.29, 1.82) is 0 Å². The van der Waals surface area contributed by atoms with Crippen LogP contribution >= 0.6 is 11.8 Å². The summed E-state index contributed by atoms with van der Waals surface area (Å²) < 4.78 is 0. The van der Waals surface area contributed by atoms with Gasteiger partial charge in [0.2, 0.25) is 5.91 Å². The molecule has 0 saturated carbocycles. The average Bonchev–Trinajstić information content (AvgIpc) is 2.23. The van der Waals surface area contributed by atoms with E-state index in [1.54, 1.807) is 0 Å². The molecular formula is C11H22N2OS. The van der Waals surface area contributed by atoms with Crippen molar-refractivity contribution in [2.75, 3.05) is 32.1 Å². The van der Waals surface area contributed by atoms with E-state index in [2.05, 4.69) is 11.6 Å². The Morgan fingerprint density at radius 3 is 3.00 bits per heavy atom. The van der Waals surface area contributed by atoms with E-state index in [4.69, 9.17) is 0 Å². The Labute approximate surface area is 97.0 Å². The highest BCUT2D eigenvalue weighted by Crippen LogP contribution is 2.09. The number of thioether (sulfide) groups is 1. The molecule has 1 amide bonds. The van der Waals surface area contributed by atoms with Gasteiger partial charge in [-0.1, -0.05) is 0 Å². The Kier molecular flexibility index (Phi) is 6.10. The first-order valence-corrected chi connectivity index (χ1v) is 7.09. The van der Waals surface area contributed by atoms with Crippen molar-refractivity contribution in [2.24, 2.45) is 0 Å². The minimum absolute atomic E-state index is 0.287. The van der Waals surface area contributed by atoms with Gasteiger partial charge in [-0.05, 0) is 37.8 Å².